The summed E-state index contributed by atoms with van der Waals surface area (Å²) in [6, 6.07) is 0. The first-order valence-electron chi connectivity index (χ1n) is 4.00. The molecular weight excluding hydrogens is 190 g/mol. The third kappa shape index (κ3) is 2.78. The molecule has 5 heteroatoms. The zero-order valence-corrected chi connectivity index (χ0v) is 8.13. The molecule has 0 aromatic carbocycles. The van der Waals surface area contributed by atoms with Crippen LogP contribution in [0, 0.1) is 0 Å². The Balaban J connectivity index is 2.62. The molecule has 1 N–H and O–H groups in total. The van der Waals surface area contributed by atoms with Gasteiger partial charge in [0.2, 0.25) is 5.01 Å². The number of ether oxygens (including phenoxy) is 1. The number of esters is 1. The minimum absolute atomic E-state index is 0.0476. The number of rotatable bonds is 4. The van der Waals surface area contributed by atoms with Gasteiger partial charge < -0.3 is 9.84 Å². The van der Waals surface area contributed by atoms with Crippen molar-refractivity contribution >= 4 is 17.3 Å². The minimum Gasteiger partial charge on any atom is -0.461 e. The van der Waals surface area contributed by atoms with E-state index in [0.29, 0.717) is 18.0 Å². The lowest BCUT2D eigenvalue weighted by molar-refractivity contribution is 0.0525. The van der Waals surface area contributed by atoms with Gasteiger partial charge in [-0.15, -0.1) is 11.3 Å². The molecule has 0 saturated heterocycles. The van der Waals surface area contributed by atoms with Crippen LogP contribution in [0.1, 0.15) is 22.4 Å². The summed E-state index contributed by atoms with van der Waals surface area (Å²) < 4.78 is 4.77. The number of hydrogen-bond acceptors (Lipinski definition) is 5. The number of thiazole rings is 1. The highest BCUT2D eigenvalue weighted by Crippen LogP contribution is 2.11. The summed E-state index contributed by atoms with van der Waals surface area (Å²) >= 11 is 1.24. The van der Waals surface area contributed by atoms with Crippen LogP contribution in [-0.4, -0.2) is 29.3 Å². The van der Waals surface area contributed by atoms with E-state index in [9.17, 15) is 4.79 Å². The van der Waals surface area contributed by atoms with E-state index in [2.05, 4.69) is 4.98 Å². The largest absolute Gasteiger partial charge is 0.461 e. The average Bonchev–Trinajstić information content (AvgIpc) is 2.54. The van der Waals surface area contributed by atoms with Crippen molar-refractivity contribution < 1.29 is 14.6 Å². The summed E-state index contributed by atoms with van der Waals surface area (Å²) in [6.07, 6.45) is 0.482. The summed E-state index contributed by atoms with van der Waals surface area (Å²) in [5.74, 6) is -0.392. The van der Waals surface area contributed by atoms with Crippen LogP contribution in [0.4, 0.5) is 0 Å². The molecule has 0 fully saturated rings. The molecule has 4 nitrogen and oxygen atoms in total. The van der Waals surface area contributed by atoms with Crippen molar-refractivity contribution in [3.63, 3.8) is 0 Å². The zero-order chi connectivity index (χ0) is 9.68. The van der Waals surface area contributed by atoms with E-state index in [1.54, 1.807) is 12.3 Å². The number of carbonyl (C=O) groups is 1. The van der Waals surface area contributed by atoms with E-state index in [4.69, 9.17) is 9.84 Å². The maximum atomic E-state index is 11.1. The van der Waals surface area contributed by atoms with E-state index in [1.807, 2.05) is 0 Å². The SMILES string of the molecule is CCOC(=O)c1nc(CCO)cs1. The highest BCUT2D eigenvalue weighted by molar-refractivity contribution is 7.11. The van der Waals surface area contributed by atoms with Gasteiger partial charge in [-0.05, 0) is 6.92 Å². The van der Waals surface area contributed by atoms with Crippen LogP contribution in [-0.2, 0) is 11.2 Å². The van der Waals surface area contributed by atoms with Gasteiger partial charge in [-0.25, -0.2) is 9.78 Å². The van der Waals surface area contributed by atoms with Crippen LogP contribution in [0.3, 0.4) is 0 Å². The Kier molecular flexibility index (Phi) is 3.85. The average molecular weight is 201 g/mol. The number of nitrogens with zero attached hydrogens (tertiary/aromatic N) is 1. The molecule has 1 aromatic heterocycles. The number of carbonyl (C=O) groups excluding carboxylic acids is 1. The second-order valence-corrected chi connectivity index (χ2v) is 3.20. The van der Waals surface area contributed by atoms with Crippen molar-refractivity contribution in [2.75, 3.05) is 13.2 Å². The third-order valence-corrected chi connectivity index (χ3v) is 2.24. The molecule has 0 amide bonds. The molecule has 1 aromatic rings. The topological polar surface area (TPSA) is 59.4 Å². The summed E-state index contributed by atoms with van der Waals surface area (Å²) in [4.78, 5) is 15.1. The standard InChI is InChI=1S/C8H11NO3S/c1-2-12-8(11)7-9-6(3-4-10)5-13-7/h5,10H,2-4H2,1H3. The summed E-state index contributed by atoms with van der Waals surface area (Å²) in [5.41, 5.74) is 0.732. The van der Waals surface area contributed by atoms with Crippen molar-refractivity contribution in [3.8, 4) is 0 Å². The molecular formula is C8H11NO3S. The summed E-state index contributed by atoms with van der Waals surface area (Å²) in [7, 11) is 0. The molecule has 72 valence electrons. The first-order valence-corrected chi connectivity index (χ1v) is 4.88. The van der Waals surface area contributed by atoms with Crippen molar-refractivity contribution in [1.82, 2.24) is 4.98 Å². The highest BCUT2D eigenvalue weighted by Gasteiger charge is 2.11. The second kappa shape index (κ2) is 4.94. The van der Waals surface area contributed by atoms with Gasteiger partial charge in [0.25, 0.3) is 0 Å². The maximum Gasteiger partial charge on any atom is 0.367 e. The van der Waals surface area contributed by atoms with Crippen LogP contribution >= 0.6 is 11.3 Å². The zero-order valence-electron chi connectivity index (χ0n) is 7.32. The van der Waals surface area contributed by atoms with Crippen molar-refractivity contribution in [3.05, 3.63) is 16.1 Å². The summed E-state index contributed by atoms with van der Waals surface area (Å²) in [5, 5.41) is 10.7. The van der Waals surface area contributed by atoms with E-state index in [0.717, 1.165) is 5.69 Å². The lowest BCUT2D eigenvalue weighted by Gasteiger charge is -1.95. The normalized spacial score (nSPS) is 10.0. The smallest absolute Gasteiger partial charge is 0.367 e. The molecule has 0 bridgehead atoms. The molecule has 0 saturated carbocycles. The fourth-order valence-electron chi connectivity index (χ4n) is 0.823. The Morgan fingerprint density at radius 2 is 2.54 bits per heavy atom. The molecule has 0 atom stereocenters. The molecule has 0 spiro atoms. The maximum absolute atomic E-state index is 11.1. The first-order chi connectivity index (χ1) is 6.27. The Bertz CT molecular complexity index is 285. The molecule has 1 rings (SSSR count). The number of aliphatic hydroxyl groups excluding tert-OH is 1. The second-order valence-electron chi connectivity index (χ2n) is 2.34. The molecule has 1 heterocycles. The lowest BCUT2D eigenvalue weighted by Crippen LogP contribution is -2.04. The Labute approximate surface area is 80.2 Å². The van der Waals surface area contributed by atoms with Gasteiger partial charge >= 0.3 is 5.97 Å². The van der Waals surface area contributed by atoms with Crippen LogP contribution < -0.4 is 0 Å². The molecule has 0 aliphatic heterocycles. The first kappa shape index (κ1) is 10.1. The van der Waals surface area contributed by atoms with Crippen molar-refractivity contribution in [2.24, 2.45) is 0 Å². The van der Waals surface area contributed by atoms with Crippen molar-refractivity contribution in [1.29, 1.82) is 0 Å². The predicted octanol–water partition coefficient (Wildman–Crippen LogP) is 0.855. The lowest BCUT2D eigenvalue weighted by atomic mass is 10.4. The predicted molar refractivity (Wildman–Crippen MR) is 48.9 cm³/mol. The van der Waals surface area contributed by atoms with Crippen LogP contribution in [0.15, 0.2) is 5.38 Å². The molecule has 13 heavy (non-hydrogen) atoms. The molecule has 0 unspecified atom stereocenters. The Morgan fingerprint density at radius 3 is 3.15 bits per heavy atom. The van der Waals surface area contributed by atoms with Crippen LogP contribution in [0.25, 0.3) is 0 Å². The third-order valence-electron chi connectivity index (χ3n) is 1.37. The fraction of sp³-hybridized carbons (Fsp3) is 0.500. The van der Waals surface area contributed by atoms with Crippen LogP contribution in [0.2, 0.25) is 0 Å². The number of aliphatic hydroxyl groups is 1. The van der Waals surface area contributed by atoms with E-state index >= 15 is 0 Å². The molecule has 0 aliphatic carbocycles. The minimum atomic E-state index is -0.392. The van der Waals surface area contributed by atoms with Gasteiger partial charge in [0.05, 0.1) is 12.3 Å². The van der Waals surface area contributed by atoms with Gasteiger partial charge in [-0.3, -0.25) is 0 Å². The molecule has 0 aliphatic rings. The van der Waals surface area contributed by atoms with E-state index < -0.39 is 5.97 Å². The van der Waals surface area contributed by atoms with E-state index in [-0.39, 0.29) is 6.61 Å². The monoisotopic (exact) mass is 201 g/mol. The Morgan fingerprint density at radius 1 is 1.77 bits per heavy atom. The number of hydrogen-bond donors (Lipinski definition) is 1. The fourth-order valence-corrected chi connectivity index (χ4v) is 1.57. The van der Waals surface area contributed by atoms with Gasteiger partial charge in [-0.1, -0.05) is 0 Å². The molecule has 0 radical (unpaired) electrons. The van der Waals surface area contributed by atoms with Crippen molar-refractivity contribution in [2.45, 2.75) is 13.3 Å². The van der Waals surface area contributed by atoms with Gasteiger partial charge in [-0.2, -0.15) is 0 Å². The number of aromatic nitrogens is 1. The van der Waals surface area contributed by atoms with Crippen LogP contribution in [0.5, 0.6) is 0 Å². The van der Waals surface area contributed by atoms with Gasteiger partial charge in [0.15, 0.2) is 0 Å². The van der Waals surface area contributed by atoms with E-state index in [1.165, 1.54) is 11.3 Å². The Hall–Kier alpha value is -0.940. The quantitative estimate of drug-likeness (QED) is 0.734. The summed E-state index contributed by atoms with van der Waals surface area (Å²) in [6.45, 7) is 2.15. The highest BCUT2D eigenvalue weighted by atomic mass is 32.1. The van der Waals surface area contributed by atoms with Gasteiger partial charge in [0, 0.05) is 18.4 Å². The van der Waals surface area contributed by atoms with Gasteiger partial charge in [0.1, 0.15) is 0 Å².